The number of nitrogens with one attached hydrogen (secondary N) is 1. The molecule has 0 aromatic carbocycles. The van der Waals surface area contributed by atoms with Gasteiger partial charge in [0.05, 0.1) is 6.04 Å². The monoisotopic (exact) mass is 198 g/mol. The van der Waals surface area contributed by atoms with E-state index in [1.807, 2.05) is 4.90 Å². The molecule has 80 valence electrons. The van der Waals surface area contributed by atoms with Crippen LogP contribution < -0.4 is 5.48 Å². The Morgan fingerprint density at radius 3 is 2.57 bits per heavy atom. The first-order valence-electron chi connectivity index (χ1n) is 5.50. The molecule has 4 heteroatoms. The van der Waals surface area contributed by atoms with Crippen molar-refractivity contribution in [2.24, 2.45) is 0 Å². The van der Waals surface area contributed by atoms with Crippen molar-refractivity contribution in [2.75, 3.05) is 6.54 Å². The maximum absolute atomic E-state index is 11.6. The van der Waals surface area contributed by atoms with E-state index in [0.717, 1.165) is 12.8 Å². The van der Waals surface area contributed by atoms with Crippen molar-refractivity contribution >= 4 is 5.91 Å². The lowest BCUT2D eigenvalue weighted by Crippen LogP contribution is -2.39. The van der Waals surface area contributed by atoms with Crippen LogP contribution in [0.5, 0.6) is 0 Å². The maximum Gasteiger partial charge on any atom is 0.224 e. The standard InChI is InChI=1S/C10H18N2O2/c13-10-6-8(11-14)7-12(10)9-4-2-1-3-5-9/h8-9,11,14H,1-7H2/t8-/m1/s1. The van der Waals surface area contributed by atoms with Gasteiger partial charge in [0.25, 0.3) is 0 Å². The fraction of sp³-hybridized carbons (Fsp3) is 0.900. The summed E-state index contributed by atoms with van der Waals surface area (Å²) in [5.74, 6) is 0.198. The number of likely N-dealkylation sites (tertiary alicyclic amines) is 1. The van der Waals surface area contributed by atoms with Crippen LogP contribution in [0.15, 0.2) is 0 Å². The van der Waals surface area contributed by atoms with Gasteiger partial charge in [0.1, 0.15) is 0 Å². The summed E-state index contributed by atoms with van der Waals surface area (Å²) in [7, 11) is 0. The summed E-state index contributed by atoms with van der Waals surface area (Å²) in [6.07, 6.45) is 6.53. The van der Waals surface area contributed by atoms with Crippen LogP contribution in [0.2, 0.25) is 0 Å². The van der Waals surface area contributed by atoms with Crippen LogP contribution in [0.25, 0.3) is 0 Å². The molecular weight excluding hydrogens is 180 g/mol. The Morgan fingerprint density at radius 1 is 1.29 bits per heavy atom. The van der Waals surface area contributed by atoms with E-state index in [0.29, 0.717) is 19.0 Å². The zero-order valence-corrected chi connectivity index (χ0v) is 8.41. The Balaban J connectivity index is 1.93. The van der Waals surface area contributed by atoms with Crippen molar-refractivity contribution < 1.29 is 10.0 Å². The third-order valence-electron chi connectivity index (χ3n) is 3.36. The average Bonchev–Trinajstić information content (AvgIpc) is 2.61. The van der Waals surface area contributed by atoms with Crippen LogP contribution in [-0.2, 0) is 4.79 Å². The van der Waals surface area contributed by atoms with Crippen LogP contribution >= 0.6 is 0 Å². The van der Waals surface area contributed by atoms with Crippen molar-refractivity contribution in [3.05, 3.63) is 0 Å². The van der Waals surface area contributed by atoms with Gasteiger partial charge in [-0.25, -0.2) is 5.48 Å². The Bertz CT molecular complexity index is 214. The molecule has 0 aromatic rings. The molecule has 2 aliphatic rings. The van der Waals surface area contributed by atoms with Crippen molar-refractivity contribution in [1.82, 2.24) is 10.4 Å². The van der Waals surface area contributed by atoms with Crippen molar-refractivity contribution in [1.29, 1.82) is 0 Å². The smallest absolute Gasteiger partial charge is 0.224 e. The largest absolute Gasteiger partial charge is 0.338 e. The molecule has 14 heavy (non-hydrogen) atoms. The highest BCUT2D eigenvalue weighted by Crippen LogP contribution is 2.26. The van der Waals surface area contributed by atoms with Gasteiger partial charge < -0.3 is 10.1 Å². The average molecular weight is 198 g/mol. The maximum atomic E-state index is 11.6. The Kier molecular flexibility index (Phi) is 3.03. The van der Waals surface area contributed by atoms with Crippen molar-refractivity contribution in [2.45, 2.75) is 50.6 Å². The summed E-state index contributed by atoms with van der Waals surface area (Å²) in [4.78, 5) is 13.6. The molecule has 1 heterocycles. The minimum absolute atomic E-state index is 0.0515. The molecule has 2 N–H and O–H groups in total. The quantitative estimate of drug-likeness (QED) is 0.648. The summed E-state index contributed by atoms with van der Waals surface area (Å²) < 4.78 is 0. The highest BCUT2D eigenvalue weighted by molar-refractivity contribution is 5.79. The zero-order chi connectivity index (χ0) is 9.97. The molecule has 1 aliphatic heterocycles. The number of rotatable bonds is 2. The number of hydroxylamine groups is 1. The second-order valence-electron chi connectivity index (χ2n) is 4.37. The summed E-state index contributed by atoms with van der Waals surface area (Å²) in [5.41, 5.74) is 2.20. The fourth-order valence-electron chi connectivity index (χ4n) is 2.56. The third-order valence-corrected chi connectivity index (χ3v) is 3.36. The van der Waals surface area contributed by atoms with Crippen LogP contribution in [-0.4, -0.2) is 34.6 Å². The summed E-state index contributed by atoms with van der Waals surface area (Å²) in [6.45, 7) is 0.681. The lowest BCUT2D eigenvalue weighted by Gasteiger charge is -2.31. The molecule has 0 unspecified atom stereocenters. The van der Waals surface area contributed by atoms with Gasteiger partial charge >= 0.3 is 0 Å². The molecule has 4 nitrogen and oxygen atoms in total. The van der Waals surface area contributed by atoms with Gasteiger partial charge in [0.15, 0.2) is 0 Å². The summed E-state index contributed by atoms with van der Waals surface area (Å²) >= 11 is 0. The fourth-order valence-corrected chi connectivity index (χ4v) is 2.56. The van der Waals surface area contributed by atoms with Crippen LogP contribution in [0.3, 0.4) is 0 Å². The van der Waals surface area contributed by atoms with Gasteiger partial charge in [-0.05, 0) is 12.8 Å². The van der Waals surface area contributed by atoms with E-state index in [2.05, 4.69) is 5.48 Å². The first-order chi connectivity index (χ1) is 6.81. The van der Waals surface area contributed by atoms with Crippen molar-refractivity contribution in [3.63, 3.8) is 0 Å². The molecule has 1 amide bonds. The zero-order valence-electron chi connectivity index (χ0n) is 8.41. The molecule has 0 bridgehead atoms. The highest BCUT2D eigenvalue weighted by Gasteiger charge is 2.34. The van der Waals surface area contributed by atoms with E-state index >= 15 is 0 Å². The second kappa shape index (κ2) is 4.28. The predicted octanol–water partition coefficient (Wildman–Crippen LogP) is 0.899. The lowest BCUT2D eigenvalue weighted by molar-refractivity contribution is -0.130. The third kappa shape index (κ3) is 1.91. The van der Waals surface area contributed by atoms with E-state index in [1.54, 1.807) is 0 Å². The normalized spacial score (nSPS) is 29.9. The van der Waals surface area contributed by atoms with E-state index in [9.17, 15) is 4.79 Å². The number of hydrogen-bond acceptors (Lipinski definition) is 3. The van der Waals surface area contributed by atoms with E-state index in [1.165, 1.54) is 19.3 Å². The first-order valence-corrected chi connectivity index (χ1v) is 5.50. The molecule has 0 radical (unpaired) electrons. The molecule has 0 aromatic heterocycles. The molecule has 1 saturated heterocycles. The van der Waals surface area contributed by atoms with E-state index in [-0.39, 0.29) is 11.9 Å². The van der Waals surface area contributed by atoms with Gasteiger partial charge in [0.2, 0.25) is 5.91 Å². The van der Waals surface area contributed by atoms with Crippen molar-refractivity contribution in [3.8, 4) is 0 Å². The number of amides is 1. The molecule has 2 rings (SSSR count). The SMILES string of the molecule is O=C1C[C@@H](NO)CN1C1CCCCC1. The molecule has 1 atom stereocenters. The molecule has 2 fully saturated rings. The van der Waals surface area contributed by atoms with Crippen LogP contribution in [0.1, 0.15) is 38.5 Å². The number of carbonyl (C=O) groups is 1. The van der Waals surface area contributed by atoms with E-state index < -0.39 is 0 Å². The van der Waals surface area contributed by atoms with Crippen LogP contribution in [0, 0.1) is 0 Å². The van der Waals surface area contributed by atoms with Gasteiger partial charge in [-0.15, -0.1) is 0 Å². The predicted molar refractivity (Wildman–Crippen MR) is 51.9 cm³/mol. The van der Waals surface area contributed by atoms with Crippen LogP contribution in [0.4, 0.5) is 0 Å². The number of nitrogens with zero attached hydrogens (tertiary/aromatic N) is 1. The summed E-state index contributed by atoms with van der Waals surface area (Å²) in [5, 5.41) is 8.77. The summed E-state index contributed by atoms with van der Waals surface area (Å²) in [6, 6.07) is 0.388. The molecule has 1 saturated carbocycles. The molecular formula is C10H18N2O2. The number of hydrogen-bond donors (Lipinski definition) is 2. The molecule has 1 aliphatic carbocycles. The van der Waals surface area contributed by atoms with Gasteiger partial charge in [-0.2, -0.15) is 0 Å². The topological polar surface area (TPSA) is 52.6 Å². The Labute approximate surface area is 84.2 Å². The molecule has 0 spiro atoms. The number of carbonyl (C=O) groups excluding carboxylic acids is 1. The van der Waals surface area contributed by atoms with Gasteiger partial charge in [0, 0.05) is 19.0 Å². The van der Waals surface area contributed by atoms with E-state index in [4.69, 9.17) is 5.21 Å². The minimum atomic E-state index is -0.0515. The lowest BCUT2D eigenvalue weighted by atomic mass is 9.94. The Morgan fingerprint density at radius 2 is 2.00 bits per heavy atom. The second-order valence-corrected chi connectivity index (χ2v) is 4.37. The van der Waals surface area contributed by atoms with Gasteiger partial charge in [-0.3, -0.25) is 4.79 Å². The first kappa shape index (κ1) is 9.93. The minimum Gasteiger partial charge on any atom is -0.338 e. The Hall–Kier alpha value is -0.610. The highest BCUT2D eigenvalue weighted by atomic mass is 16.5. The van der Waals surface area contributed by atoms with Gasteiger partial charge in [-0.1, -0.05) is 19.3 Å².